The molecule has 0 aromatic rings. The minimum Gasteiger partial charge on any atom is -0.394 e. The van der Waals surface area contributed by atoms with Gasteiger partial charge in [0.1, 0.15) is 0 Å². The molecule has 0 saturated heterocycles. The summed E-state index contributed by atoms with van der Waals surface area (Å²) in [6.45, 7) is 1.39. The van der Waals surface area contributed by atoms with Crippen molar-refractivity contribution < 1.29 is 10.2 Å². The van der Waals surface area contributed by atoms with E-state index in [1.54, 1.807) is 21.6 Å². The van der Waals surface area contributed by atoms with Gasteiger partial charge in [0, 0.05) is 0 Å². The van der Waals surface area contributed by atoms with E-state index in [1.807, 2.05) is 0 Å². The van der Waals surface area contributed by atoms with Crippen molar-refractivity contribution in [3.05, 3.63) is 0 Å². The minimum absolute atomic E-state index is 0.139. The zero-order chi connectivity index (χ0) is 7.70. The number of rotatable bonds is 2. The summed E-state index contributed by atoms with van der Waals surface area (Å²) < 4.78 is 0. The van der Waals surface area contributed by atoms with Crippen LogP contribution in [-0.2, 0) is 0 Å². The molecule has 0 aliphatic rings. The molecule has 2 N–H and O–H groups in total. The second kappa shape index (κ2) is 11.4. The van der Waals surface area contributed by atoms with Gasteiger partial charge in [-0.2, -0.15) is 0 Å². The summed E-state index contributed by atoms with van der Waals surface area (Å²) in [5.41, 5.74) is 0. The number of hydrogen-bond acceptors (Lipinski definition) is 4. The van der Waals surface area contributed by atoms with Crippen LogP contribution in [0.15, 0.2) is 0 Å². The van der Waals surface area contributed by atoms with Gasteiger partial charge in [0.2, 0.25) is 0 Å². The molecule has 0 aromatic heterocycles. The van der Waals surface area contributed by atoms with Crippen molar-refractivity contribution in [3.63, 3.8) is 0 Å². The molecule has 1 unspecified atom stereocenters. The minimum atomic E-state index is -0.560. The SMILES string of the molecule is CC(O)CO.CSSC. The fourth-order valence-corrected chi connectivity index (χ4v) is 0. The summed E-state index contributed by atoms with van der Waals surface area (Å²) in [6, 6.07) is 0. The lowest BCUT2D eigenvalue weighted by Gasteiger charge is -1.90. The summed E-state index contributed by atoms with van der Waals surface area (Å²) in [4.78, 5) is 0. The third-order valence-corrected chi connectivity index (χ3v) is 1.76. The summed E-state index contributed by atoms with van der Waals surface area (Å²) in [5, 5.41) is 16.0. The molecule has 4 heteroatoms. The van der Waals surface area contributed by atoms with Crippen molar-refractivity contribution in [2.75, 3.05) is 19.1 Å². The molecular weight excluding hydrogens is 156 g/mol. The van der Waals surface area contributed by atoms with E-state index in [0.29, 0.717) is 0 Å². The Morgan fingerprint density at radius 3 is 1.56 bits per heavy atom. The molecular formula is C5H14O2S2. The van der Waals surface area contributed by atoms with E-state index in [9.17, 15) is 0 Å². The lowest BCUT2D eigenvalue weighted by Crippen LogP contribution is -2.03. The third kappa shape index (κ3) is 28.8. The van der Waals surface area contributed by atoms with E-state index >= 15 is 0 Å². The van der Waals surface area contributed by atoms with Crippen LogP contribution < -0.4 is 0 Å². The van der Waals surface area contributed by atoms with Gasteiger partial charge in [0.25, 0.3) is 0 Å². The first-order chi connectivity index (χ1) is 4.18. The van der Waals surface area contributed by atoms with E-state index < -0.39 is 6.10 Å². The molecule has 0 radical (unpaired) electrons. The Kier molecular flexibility index (Phi) is 15.6. The molecule has 0 aliphatic carbocycles. The molecule has 0 bridgehead atoms. The standard InChI is InChI=1S/C3H8O2.C2H6S2/c1-3(5)2-4;1-3-4-2/h3-5H,2H2,1H3;1-2H3. The molecule has 0 amide bonds. The van der Waals surface area contributed by atoms with Gasteiger partial charge < -0.3 is 10.2 Å². The second-order valence-electron chi connectivity index (χ2n) is 1.36. The van der Waals surface area contributed by atoms with Crippen molar-refractivity contribution in [1.29, 1.82) is 0 Å². The van der Waals surface area contributed by atoms with Crippen LogP contribution in [0.2, 0.25) is 0 Å². The van der Waals surface area contributed by atoms with Crippen molar-refractivity contribution >= 4 is 21.6 Å². The molecule has 58 valence electrons. The third-order valence-electron chi connectivity index (χ3n) is 0.431. The molecule has 0 heterocycles. The van der Waals surface area contributed by atoms with Crippen LogP contribution in [0.3, 0.4) is 0 Å². The topological polar surface area (TPSA) is 40.5 Å². The van der Waals surface area contributed by atoms with E-state index in [0.717, 1.165) is 0 Å². The van der Waals surface area contributed by atoms with E-state index in [4.69, 9.17) is 10.2 Å². The average molecular weight is 170 g/mol. The molecule has 0 saturated carbocycles. The van der Waals surface area contributed by atoms with Gasteiger partial charge >= 0.3 is 0 Å². The predicted molar refractivity (Wildman–Crippen MR) is 45.8 cm³/mol. The highest BCUT2D eigenvalue weighted by Crippen LogP contribution is 2.09. The van der Waals surface area contributed by atoms with Crippen molar-refractivity contribution in [2.45, 2.75) is 13.0 Å². The first-order valence-electron chi connectivity index (χ1n) is 2.54. The molecule has 0 rings (SSSR count). The van der Waals surface area contributed by atoms with Gasteiger partial charge in [-0.1, -0.05) is 21.6 Å². The van der Waals surface area contributed by atoms with Gasteiger partial charge in [0.05, 0.1) is 12.7 Å². The Balaban J connectivity index is 0. The monoisotopic (exact) mass is 170 g/mol. The van der Waals surface area contributed by atoms with Crippen molar-refractivity contribution in [2.24, 2.45) is 0 Å². The Labute approximate surface area is 64.4 Å². The second-order valence-corrected chi connectivity index (χ2v) is 4.03. The predicted octanol–water partition coefficient (Wildman–Crippen LogP) is 0.987. The van der Waals surface area contributed by atoms with Gasteiger partial charge in [-0.05, 0) is 19.4 Å². The summed E-state index contributed by atoms with van der Waals surface area (Å²) >= 11 is 0. The van der Waals surface area contributed by atoms with E-state index in [-0.39, 0.29) is 6.61 Å². The fourth-order valence-electron chi connectivity index (χ4n) is 0. The zero-order valence-corrected chi connectivity index (χ0v) is 7.63. The molecule has 1 atom stereocenters. The summed E-state index contributed by atoms with van der Waals surface area (Å²) in [5.74, 6) is 0. The van der Waals surface area contributed by atoms with Crippen molar-refractivity contribution in [3.8, 4) is 0 Å². The van der Waals surface area contributed by atoms with Crippen LogP contribution in [0.25, 0.3) is 0 Å². The Morgan fingerprint density at radius 1 is 1.33 bits per heavy atom. The molecule has 0 fully saturated rings. The van der Waals surface area contributed by atoms with Gasteiger partial charge in [-0.25, -0.2) is 0 Å². The summed E-state index contributed by atoms with van der Waals surface area (Å²) in [6.07, 6.45) is 3.56. The van der Waals surface area contributed by atoms with E-state index in [1.165, 1.54) is 6.92 Å². The smallest absolute Gasteiger partial charge is 0.0742 e. The maximum Gasteiger partial charge on any atom is 0.0742 e. The van der Waals surface area contributed by atoms with Crippen LogP contribution in [0.4, 0.5) is 0 Å². The number of hydrogen-bond donors (Lipinski definition) is 2. The van der Waals surface area contributed by atoms with Crippen molar-refractivity contribution in [1.82, 2.24) is 0 Å². The molecule has 0 spiro atoms. The van der Waals surface area contributed by atoms with Crippen LogP contribution in [0.1, 0.15) is 6.92 Å². The quantitative estimate of drug-likeness (QED) is 0.606. The first kappa shape index (κ1) is 12.3. The number of aliphatic hydroxyl groups is 2. The largest absolute Gasteiger partial charge is 0.394 e. The molecule has 9 heavy (non-hydrogen) atoms. The van der Waals surface area contributed by atoms with Crippen LogP contribution in [0.5, 0.6) is 0 Å². The maximum absolute atomic E-state index is 8.11. The lowest BCUT2D eigenvalue weighted by molar-refractivity contribution is 0.110. The molecule has 0 aromatic carbocycles. The highest BCUT2D eigenvalue weighted by atomic mass is 33.1. The normalized spacial score (nSPS) is 11.7. The lowest BCUT2D eigenvalue weighted by atomic mass is 10.5. The maximum atomic E-state index is 8.11. The Bertz CT molecular complexity index is 39.9. The van der Waals surface area contributed by atoms with Crippen LogP contribution in [-0.4, -0.2) is 35.4 Å². The van der Waals surface area contributed by atoms with Gasteiger partial charge in [0.15, 0.2) is 0 Å². The number of aliphatic hydroxyl groups excluding tert-OH is 2. The Hall–Kier alpha value is 0.620. The van der Waals surface area contributed by atoms with Crippen LogP contribution in [0, 0.1) is 0 Å². The average Bonchev–Trinajstić information content (AvgIpc) is 1.89. The fraction of sp³-hybridized carbons (Fsp3) is 1.00. The van der Waals surface area contributed by atoms with Gasteiger partial charge in [-0.15, -0.1) is 0 Å². The Morgan fingerprint density at radius 2 is 1.56 bits per heavy atom. The van der Waals surface area contributed by atoms with Gasteiger partial charge in [-0.3, -0.25) is 0 Å². The molecule has 2 nitrogen and oxygen atoms in total. The highest BCUT2D eigenvalue weighted by Gasteiger charge is 1.83. The highest BCUT2D eigenvalue weighted by molar-refractivity contribution is 8.76. The summed E-state index contributed by atoms with van der Waals surface area (Å²) in [7, 11) is 3.55. The molecule has 0 aliphatic heterocycles. The van der Waals surface area contributed by atoms with Crippen LogP contribution >= 0.6 is 21.6 Å². The zero-order valence-electron chi connectivity index (χ0n) is 6.00. The van der Waals surface area contributed by atoms with E-state index in [2.05, 4.69) is 12.5 Å². The first-order valence-corrected chi connectivity index (χ1v) is 5.51.